The Hall–Kier alpha value is -3.71. The number of hydrogen-bond acceptors (Lipinski definition) is 6. The minimum atomic E-state index is -0.130. The third-order valence-corrected chi connectivity index (χ3v) is 5.97. The highest BCUT2D eigenvalue weighted by molar-refractivity contribution is 8.19. The molecule has 0 unspecified atom stereocenters. The van der Waals surface area contributed by atoms with Gasteiger partial charge in [0.1, 0.15) is 17.2 Å². The lowest BCUT2D eigenvalue weighted by Crippen LogP contribution is -2.28. The van der Waals surface area contributed by atoms with E-state index < -0.39 is 0 Å². The smallest absolute Gasteiger partial charge is 0.271 e. The van der Waals surface area contributed by atoms with Crippen molar-refractivity contribution in [1.82, 2.24) is 0 Å². The van der Waals surface area contributed by atoms with Gasteiger partial charge in [-0.25, -0.2) is 4.99 Å². The van der Waals surface area contributed by atoms with Crippen LogP contribution in [0.4, 0.5) is 11.4 Å². The molecule has 3 aromatic carbocycles. The van der Waals surface area contributed by atoms with Crippen molar-refractivity contribution in [3.05, 3.63) is 83.3 Å². The fraction of sp³-hybridized carbons (Fsp3) is 0.185. The van der Waals surface area contributed by atoms with Crippen molar-refractivity contribution < 1.29 is 19.0 Å². The third kappa shape index (κ3) is 5.43. The number of rotatable bonds is 8. The van der Waals surface area contributed by atoms with E-state index >= 15 is 0 Å². The van der Waals surface area contributed by atoms with E-state index in [1.165, 1.54) is 11.8 Å². The Labute approximate surface area is 203 Å². The maximum absolute atomic E-state index is 13.5. The molecular formula is C27H26N2O4S. The van der Waals surface area contributed by atoms with Crippen molar-refractivity contribution in [2.45, 2.75) is 13.8 Å². The quantitative estimate of drug-likeness (QED) is 0.359. The molecule has 1 amide bonds. The maximum atomic E-state index is 13.5. The van der Waals surface area contributed by atoms with Crippen molar-refractivity contribution in [2.75, 3.05) is 25.2 Å². The minimum absolute atomic E-state index is 0.130. The van der Waals surface area contributed by atoms with Gasteiger partial charge in [-0.2, -0.15) is 0 Å². The molecule has 1 heterocycles. The normalized spacial score (nSPS) is 15.7. The van der Waals surface area contributed by atoms with E-state index in [9.17, 15) is 4.79 Å². The largest absolute Gasteiger partial charge is 0.497 e. The van der Waals surface area contributed by atoms with E-state index in [-0.39, 0.29) is 5.91 Å². The van der Waals surface area contributed by atoms with Gasteiger partial charge >= 0.3 is 0 Å². The van der Waals surface area contributed by atoms with E-state index in [1.54, 1.807) is 12.0 Å². The van der Waals surface area contributed by atoms with Crippen LogP contribution in [-0.4, -0.2) is 31.4 Å². The highest BCUT2D eigenvalue weighted by Crippen LogP contribution is 2.38. The van der Waals surface area contributed by atoms with Crippen molar-refractivity contribution in [1.29, 1.82) is 0 Å². The summed E-state index contributed by atoms with van der Waals surface area (Å²) in [4.78, 5) is 20.5. The van der Waals surface area contributed by atoms with Crippen LogP contribution in [0.1, 0.15) is 19.4 Å². The Bertz CT molecular complexity index is 1190. The van der Waals surface area contributed by atoms with Crippen LogP contribution in [0.2, 0.25) is 0 Å². The summed E-state index contributed by atoms with van der Waals surface area (Å²) in [5.41, 5.74) is 2.37. The lowest BCUT2D eigenvalue weighted by atomic mass is 10.2. The highest BCUT2D eigenvalue weighted by atomic mass is 32.2. The first kappa shape index (κ1) is 23.4. The van der Waals surface area contributed by atoms with Gasteiger partial charge in [0.25, 0.3) is 5.91 Å². The Morgan fingerprint density at radius 3 is 1.94 bits per heavy atom. The van der Waals surface area contributed by atoms with Crippen LogP contribution < -0.4 is 19.1 Å². The number of amidine groups is 1. The number of benzene rings is 3. The molecule has 1 saturated heterocycles. The number of nitrogens with zero attached hydrogens (tertiary/aromatic N) is 2. The van der Waals surface area contributed by atoms with Gasteiger partial charge in [-0.05, 0) is 97.9 Å². The second-order valence-corrected chi connectivity index (χ2v) is 8.28. The molecule has 0 spiro atoms. The molecule has 34 heavy (non-hydrogen) atoms. The summed E-state index contributed by atoms with van der Waals surface area (Å²) >= 11 is 1.34. The summed E-state index contributed by atoms with van der Waals surface area (Å²) in [6.07, 6.45) is 1.87. The monoisotopic (exact) mass is 474 g/mol. The Balaban J connectivity index is 1.69. The van der Waals surface area contributed by atoms with Gasteiger partial charge in [0.05, 0.1) is 36.6 Å². The van der Waals surface area contributed by atoms with E-state index in [1.807, 2.05) is 92.7 Å². The van der Waals surface area contributed by atoms with Crippen LogP contribution in [-0.2, 0) is 4.79 Å². The van der Waals surface area contributed by atoms with Crippen LogP contribution in [0.3, 0.4) is 0 Å². The fourth-order valence-electron chi connectivity index (χ4n) is 3.38. The first-order chi connectivity index (χ1) is 16.6. The number of amides is 1. The molecule has 0 aromatic heterocycles. The van der Waals surface area contributed by atoms with Gasteiger partial charge in [0.2, 0.25) is 0 Å². The van der Waals surface area contributed by atoms with E-state index in [0.29, 0.717) is 23.3 Å². The fourth-order valence-corrected chi connectivity index (χ4v) is 4.38. The zero-order valence-electron chi connectivity index (χ0n) is 19.4. The van der Waals surface area contributed by atoms with Crippen LogP contribution in [0.25, 0.3) is 6.08 Å². The molecule has 0 atom stereocenters. The van der Waals surface area contributed by atoms with E-state index in [4.69, 9.17) is 19.2 Å². The molecule has 4 rings (SSSR count). The number of methoxy groups -OCH3 is 1. The molecule has 0 N–H and O–H groups in total. The molecule has 0 saturated carbocycles. The van der Waals surface area contributed by atoms with Gasteiger partial charge < -0.3 is 14.2 Å². The highest BCUT2D eigenvalue weighted by Gasteiger charge is 2.34. The number of ether oxygens (including phenoxy) is 3. The zero-order valence-corrected chi connectivity index (χ0v) is 20.2. The SMILES string of the molecule is CCOc1ccc(N=C2SC(=Cc3ccc(OC)cc3)C(=O)N2c2ccc(OCC)cc2)cc1. The van der Waals surface area contributed by atoms with Crippen LogP contribution in [0.5, 0.6) is 17.2 Å². The second-order valence-electron chi connectivity index (χ2n) is 7.27. The van der Waals surface area contributed by atoms with Crippen molar-refractivity contribution in [2.24, 2.45) is 4.99 Å². The summed E-state index contributed by atoms with van der Waals surface area (Å²) in [7, 11) is 1.63. The van der Waals surface area contributed by atoms with Crippen molar-refractivity contribution >= 4 is 40.3 Å². The predicted octanol–water partition coefficient (Wildman–Crippen LogP) is 6.30. The molecule has 3 aromatic rings. The van der Waals surface area contributed by atoms with E-state index in [2.05, 4.69) is 0 Å². The number of aliphatic imine (C=N–C) groups is 1. The Morgan fingerprint density at radius 1 is 0.824 bits per heavy atom. The van der Waals surface area contributed by atoms with Gasteiger partial charge in [-0.1, -0.05) is 12.1 Å². The Morgan fingerprint density at radius 2 is 1.38 bits per heavy atom. The van der Waals surface area contributed by atoms with Crippen LogP contribution in [0, 0.1) is 0 Å². The molecule has 0 aliphatic carbocycles. The molecule has 1 aliphatic rings. The lowest BCUT2D eigenvalue weighted by molar-refractivity contribution is -0.113. The summed E-state index contributed by atoms with van der Waals surface area (Å²) in [5.74, 6) is 2.17. The Kier molecular flexibility index (Phi) is 7.54. The molecule has 1 aliphatic heterocycles. The first-order valence-electron chi connectivity index (χ1n) is 11.0. The van der Waals surface area contributed by atoms with Crippen LogP contribution >= 0.6 is 11.8 Å². The van der Waals surface area contributed by atoms with Crippen molar-refractivity contribution in [3.63, 3.8) is 0 Å². The number of thioether (sulfide) groups is 1. The van der Waals surface area contributed by atoms with Gasteiger partial charge in [0.15, 0.2) is 5.17 Å². The summed E-state index contributed by atoms with van der Waals surface area (Å²) in [5, 5.41) is 0.582. The minimum Gasteiger partial charge on any atom is -0.497 e. The first-order valence-corrected chi connectivity index (χ1v) is 11.9. The molecular weight excluding hydrogens is 448 g/mol. The molecule has 1 fully saturated rings. The number of carbonyl (C=O) groups excluding carboxylic acids is 1. The number of hydrogen-bond donors (Lipinski definition) is 0. The molecule has 7 heteroatoms. The van der Waals surface area contributed by atoms with Crippen molar-refractivity contribution in [3.8, 4) is 17.2 Å². The molecule has 0 radical (unpaired) electrons. The zero-order chi connectivity index (χ0) is 23.9. The van der Waals surface area contributed by atoms with Crippen LogP contribution in [0.15, 0.2) is 82.7 Å². The second kappa shape index (κ2) is 10.9. The van der Waals surface area contributed by atoms with E-state index in [0.717, 1.165) is 34.2 Å². The standard InChI is InChI=1S/C27H26N2O4S/c1-4-32-23-14-8-20(9-15-23)28-27-29(21-10-16-24(17-11-21)33-5-2)26(30)25(34-27)18-19-6-12-22(31-3)13-7-19/h6-18H,4-5H2,1-3H3. The summed E-state index contributed by atoms with van der Waals surface area (Å²) in [6.45, 7) is 5.06. The maximum Gasteiger partial charge on any atom is 0.271 e. The van der Waals surface area contributed by atoms with Gasteiger partial charge in [0, 0.05) is 0 Å². The number of anilines is 1. The number of carbonyl (C=O) groups is 1. The average Bonchev–Trinajstić information content (AvgIpc) is 3.16. The molecule has 174 valence electrons. The third-order valence-electron chi connectivity index (χ3n) is 5.00. The topological polar surface area (TPSA) is 60.4 Å². The average molecular weight is 475 g/mol. The summed E-state index contributed by atoms with van der Waals surface area (Å²) in [6, 6.07) is 22.5. The lowest BCUT2D eigenvalue weighted by Gasteiger charge is -2.16. The van der Waals surface area contributed by atoms with Gasteiger partial charge in [-0.15, -0.1) is 0 Å². The molecule has 6 nitrogen and oxygen atoms in total. The summed E-state index contributed by atoms with van der Waals surface area (Å²) < 4.78 is 16.3. The molecule has 0 bridgehead atoms. The predicted molar refractivity (Wildman–Crippen MR) is 138 cm³/mol. The van der Waals surface area contributed by atoms with Gasteiger partial charge in [-0.3, -0.25) is 9.69 Å².